The molecule has 16 heavy (non-hydrogen) atoms. The fraction of sp³-hybridized carbons (Fsp3) is 0.545. The minimum atomic E-state index is -0.278. The van der Waals surface area contributed by atoms with Crippen molar-refractivity contribution in [3.63, 3.8) is 0 Å². The van der Waals surface area contributed by atoms with Crippen LogP contribution in [0.25, 0.3) is 0 Å². The van der Waals surface area contributed by atoms with Crippen molar-refractivity contribution in [2.45, 2.75) is 31.8 Å². The van der Waals surface area contributed by atoms with Crippen molar-refractivity contribution in [3.05, 3.63) is 20.8 Å². The number of aryl methyl sites for hydroxylation is 1. The van der Waals surface area contributed by atoms with Gasteiger partial charge in [0.25, 0.3) is 0 Å². The molecule has 0 saturated heterocycles. The Hall–Kier alpha value is -0.580. The number of carbonyl (C=O) groups excluding carboxylic acids is 1. The van der Waals surface area contributed by atoms with Gasteiger partial charge in [0.2, 0.25) is 0 Å². The van der Waals surface area contributed by atoms with E-state index >= 15 is 0 Å². The molecule has 1 aromatic rings. The summed E-state index contributed by atoms with van der Waals surface area (Å²) in [4.78, 5) is 12.6. The molecule has 1 N–H and O–H groups in total. The molecule has 0 spiro atoms. The zero-order chi connectivity index (χ0) is 11.7. The Bertz CT molecular complexity index is 405. The number of hydrogen-bond donors (Lipinski definition) is 1. The Balaban J connectivity index is 2.05. The van der Waals surface area contributed by atoms with E-state index in [2.05, 4.69) is 5.32 Å². The van der Waals surface area contributed by atoms with Crippen LogP contribution in [-0.2, 0) is 16.0 Å². The number of methoxy groups -OCH3 is 1. The Morgan fingerprint density at radius 3 is 3.19 bits per heavy atom. The Kier molecular flexibility index (Phi) is 3.52. The van der Waals surface area contributed by atoms with E-state index in [1.165, 1.54) is 17.6 Å². The van der Waals surface area contributed by atoms with Crippen LogP contribution < -0.4 is 5.32 Å². The maximum absolute atomic E-state index is 11.3. The molecule has 0 fully saturated rings. The van der Waals surface area contributed by atoms with Gasteiger partial charge in [0.15, 0.2) is 0 Å². The monoisotopic (exact) mass is 259 g/mol. The lowest BCUT2D eigenvalue weighted by Crippen LogP contribution is -2.36. The lowest BCUT2D eigenvalue weighted by Gasteiger charge is -2.17. The van der Waals surface area contributed by atoms with E-state index in [0.29, 0.717) is 0 Å². The highest BCUT2D eigenvalue weighted by Gasteiger charge is 2.27. The highest BCUT2D eigenvalue weighted by Crippen LogP contribution is 2.39. The van der Waals surface area contributed by atoms with E-state index in [-0.39, 0.29) is 18.1 Å². The molecule has 2 atom stereocenters. The summed E-state index contributed by atoms with van der Waals surface area (Å²) in [6.45, 7) is 1.82. The number of carbonyl (C=O) groups is 1. The maximum atomic E-state index is 11.3. The number of hydrogen-bond acceptors (Lipinski definition) is 4. The topological polar surface area (TPSA) is 38.3 Å². The summed E-state index contributed by atoms with van der Waals surface area (Å²) < 4.78 is 5.51. The van der Waals surface area contributed by atoms with Gasteiger partial charge in [0.05, 0.1) is 11.4 Å². The van der Waals surface area contributed by atoms with Gasteiger partial charge in [-0.05, 0) is 31.4 Å². The molecule has 0 bridgehead atoms. The van der Waals surface area contributed by atoms with Gasteiger partial charge in [0.1, 0.15) is 6.04 Å². The standard InChI is InChI=1S/C11H14ClNO2S/c1-6(11(14)15-2)13-8-3-4-9-7(8)5-10(12)16-9/h5-6,8,13H,3-4H2,1-2H3/t6-,8?/m0/s1. The molecule has 2 rings (SSSR count). The molecular formula is C11H14ClNO2S. The van der Waals surface area contributed by atoms with Gasteiger partial charge in [-0.3, -0.25) is 10.1 Å². The van der Waals surface area contributed by atoms with Crippen molar-refractivity contribution >= 4 is 28.9 Å². The van der Waals surface area contributed by atoms with Crippen LogP contribution in [0, 0.1) is 0 Å². The largest absolute Gasteiger partial charge is 0.468 e. The minimum Gasteiger partial charge on any atom is -0.468 e. The average Bonchev–Trinajstić information content (AvgIpc) is 2.78. The zero-order valence-electron chi connectivity index (χ0n) is 9.25. The highest BCUT2D eigenvalue weighted by molar-refractivity contribution is 7.16. The van der Waals surface area contributed by atoms with Crippen LogP contribution in [0.5, 0.6) is 0 Å². The maximum Gasteiger partial charge on any atom is 0.322 e. The van der Waals surface area contributed by atoms with Crippen molar-refractivity contribution in [3.8, 4) is 0 Å². The number of esters is 1. The van der Waals surface area contributed by atoms with Crippen LogP contribution >= 0.6 is 22.9 Å². The van der Waals surface area contributed by atoms with Crippen molar-refractivity contribution in [1.82, 2.24) is 5.32 Å². The number of nitrogens with one attached hydrogen (secondary N) is 1. The van der Waals surface area contributed by atoms with Gasteiger partial charge in [-0.1, -0.05) is 11.6 Å². The molecule has 3 nitrogen and oxygen atoms in total. The number of halogens is 1. The molecule has 1 unspecified atom stereocenters. The van der Waals surface area contributed by atoms with Gasteiger partial charge in [-0.25, -0.2) is 0 Å². The first-order chi connectivity index (χ1) is 7.61. The molecule has 0 amide bonds. The molecule has 88 valence electrons. The summed E-state index contributed by atoms with van der Waals surface area (Å²) in [6, 6.07) is 1.95. The van der Waals surface area contributed by atoms with E-state index in [1.54, 1.807) is 11.3 Å². The summed E-state index contributed by atoms with van der Waals surface area (Å²) in [6.07, 6.45) is 2.07. The third kappa shape index (κ3) is 2.24. The fourth-order valence-corrected chi connectivity index (χ4v) is 3.41. The van der Waals surface area contributed by atoms with Crippen molar-refractivity contribution < 1.29 is 9.53 Å². The molecule has 1 aliphatic carbocycles. The summed E-state index contributed by atoms with van der Waals surface area (Å²) in [5.41, 5.74) is 1.24. The van der Waals surface area contributed by atoms with Crippen LogP contribution in [0.1, 0.15) is 29.8 Å². The van der Waals surface area contributed by atoms with E-state index < -0.39 is 0 Å². The van der Waals surface area contributed by atoms with Gasteiger partial charge >= 0.3 is 5.97 Å². The van der Waals surface area contributed by atoms with Crippen molar-refractivity contribution in [2.24, 2.45) is 0 Å². The highest BCUT2D eigenvalue weighted by atomic mass is 35.5. The van der Waals surface area contributed by atoms with Crippen LogP contribution in [0.4, 0.5) is 0 Å². The third-order valence-corrected chi connectivity index (χ3v) is 4.19. The van der Waals surface area contributed by atoms with E-state index in [9.17, 15) is 4.79 Å². The minimum absolute atomic E-state index is 0.227. The van der Waals surface area contributed by atoms with Gasteiger partial charge in [-0.15, -0.1) is 11.3 Å². The second-order valence-electron chi connectivity index (χ2n) is 3.93. The number of ether oxygens (including phenoxy) is 1. The van der Waals surface area contributed by atoms with Crippen molar-refractivity contribution in [2.75, 3.05) is 7.11 Å². The molecule has 5 heteroatoms. The Morgan fingerprint density at radius 1 is 1.75 bits per heavy atom. The first-order valence-corrected chi connectivity index (χ1v) is 6.43. The Labute approximate surface area is 104 Å². The van der Waals surface area contributed by atoms with Gasteiger partial charge in [-0.2, -0.15) is 0 Å². The smallest absolute Gasteiger partial charge is 0.322 e. The van der Waals surface area contributed by atoms with E-state index in [0.717, 1.165) is 17.2 Å². The van der Waals surface area contributed by atoms with Crippen molar-refractivity contribution in [1.29, 1.82) is 0 Å². The predicted octanol–water partition coefficient (Wildman–Crippen LogP) is 2.54. The lowest BCUT2D eigenvalue weighted by atomic mass is 10.1. The molecule has 0 aromatic carbocycles. The van der Waals surface area contributed by atoms with E-state index in [1.807, 2.05) is 13.0 Å². The molecule has 1 aromatic heterocycles. The third-order valence-electron chi connectivity index (χ3n) is 2.85. The second-order valence-corrected chi connectivity index (χ2v) is 5.70. The molecule has 0 radical (unpaired) electrons. The SMILES string of the molecule is COC(=O)[C@H](C)NC1CCc2sc(Cl)cc21. The molecule has 1 aliphatic rings. The van der Waals surface area contributed by atoms with Crippen LogP contribution in [0.3, 0.4) is 0 Å². The number of rotatable bonds is 3. The van der Waals surface area contributed by atoms with Crippen LogP contribution in [0.15, 0.2) is 6.07 Å². The predicted molar refractivity (Wildman–Crippen MR) is 65.0 cm³/mol. The number of thiophene rings is 1. The average molecular weight is 260 g/mol. The normalized spacial score (nSPS) is 20.6. The molecule has 1 heterocycles. The second kappa shape index (κ2) is 4.73. The van der Waals surface area contributed by atoms with Gasteiger partial charge in [0, 0.05) is 10.9 Å². The molecule has 0 saturated carbocycles. The fourth-order valence-electron chi connectivity index (χ4n) is 2.05. The zero-order valence-corrected chi connectivity index (χ0v) is 10.8. The molecular weight excluding hydrogens is 246 g/mol. The van der Waals surface area contributed by atoms with E-state index in [4.69, 9.17) is 16.3 Å². The summed E-state index contributed by atoms with van der Waals surface area (Å²) in [7, 11) is 1.40. The Morgan fingerprint density at radius 2 is 2.50 bits per heavy atom. The summed E-state index contributed by atoms with van der Waals surface area (Å²) >= 11 is 7.60. The summed E-state index contributed by atoms with van der Waals surface area (Å²) in [5, 5.41) is 3.27. The number of fused-ring (bicyclic) bond motifs is 1. The lowest BCUT2D eigenvalue weighted by molar-refractivity contribution is -0.142. The quantitative estimate of drug-likeness (QED) is 0.848. The summed E-state index contributed by atoms with van der Waals surface area (Å²) in [5.74, 6) is -0.227. The van der Waals surface area contributed by atoms with Crippen LogP contribution in [0.2, 0.25) is 4.34 Å². The molecule has 0 aliphatic heterocycles. The van der Waals surface area contributed by atoms with Gasteiger partial charge < -0.3 is 4.74 Å². The first-order valence-electron chi connectivity index (χ1n) is 5.23. The van der Waals surface area contributed by atoms with Crippen LogP contribution in [-0.4, -0.2) is 19.1 Å². The first kappa shape index (κ1) is 11.9.